The number of benzene rings is 1. The van der Waals surface area contributed by atoms with Crippen LogP contribution in [0.15, 0.2) is 33.7 Å². The van der Waals surface area contributed by atoms with Gasteiger partial charge in [-0.3, -0.25) is 0 Å². The number of aliphatic imine (C=N–C) groups is 1. The Morgan fingerprint density at radius 3 is 2.79 bits per heavy atom. The van der Waals surface area contributed by atoms with Crippen LogP contribution in [0.3, 0.4) is 0 Å². The Morgan fingerprint density at radius 1 is 1.46 bits per heavy atom. The SMILES string of the molecule is CC[C@]1(C)Cc2c(sc(N=Cc3ccc(Br)cc3)c2C(=O)O)CO1. The van der Waals surface area contributed by atoms with Gasteiger partial charge in [0.1, 0.15) is 5.00 Å². The number of halogens is 1. The van der Waals surface area contributed by atoms with Crippen molar-refractivity contribution in [3.8, 4) is 0 Å². The highest BCUT2D eigenvalue weighted by Crippen LogP contribution is 2.42. The van der Waals surface area contributed by atoms with E-state index in [0.717, 1.165) is 26.9 Å². The van der Waals surface area contributed by atoms with E-state index in [2.05, 4.69) is 27.8 Å². The highest BCUT2D eigenvalue weighted by molar-refractivity contribution is 9.10. The number of carboxylic acids is 1. The lowest BCUT2D eigenvalue weighted by Crippen LogP contribution is -2.34. The Balaban J connectivity index is 1.97. The normalized spacial score (nSPS) is 20.3. The van der Waals surface area contributed by atoms with Gasteiger partial charge in [0.2, 0.25) is 0 Å². The van der Waals surface area contributed by atoms with E-state index in [1.54, 1.807) is 6.21 Å². The molecule has 2 heterocycles. The molecular formula is C18H18BrNO3S. The van der Waals surface area contributed by atoms with Crippen LogP contribution in [-0.2, 0) is 17.8 Å². The average molecular weight is 408 g/mol. The lowest BCUT2D eigenvalue weighted by molar-refractivity contribution is -0.0547. The third kappa shape index (κ3) is 3.45. The summed E-state index contributed by atoms with van der Waals surface area (Å²) in [7, 11) is 0. The van der Waals surface area contributed by atoms with Crippen LogP contribution in [-0.4, -0.2) is 22.9 Å². The highest BCUT2D eigenvalue weighted by atomic mass is 79.9. The number of nitrogens with zero attached hydrogens (tertiary/aromatic N) is 1. The van der Waals surface area contributed by atoms with Crippen LogP contribution < -0.4 is 0 Å². The zero-order valence-electron chi connectivity index (χ0n) is 13.5. The first-order chi connectivity index (χ1) is 11.4. The monoisotopic (exact) mass is 407 g/mol. The number of hydrogen-bond acceptors (Lipinski definition) is 4. The molecule has 2 aromatic rings. The third-order valence-corrected chi connectivity index (χ3v) is 5.98. The number of rotatable bonds is 4. The summed E-state index contributed by atoms with van der Waals surface area (Å²) < 4.78 is 6.92. The Morgan fingerprint density at radius 2 is 2.17 bits per heavy atom. The van der Waals surface area contributed by atoms with Gasteiger partial charge in [-0.05, 0) is 36.6 Å². The maximum Gasteiger partial charge on any atom is 0.339 e. The van der Waals surface area contributed by atoms with E-state index >= 15 is 0 Å². The Labute approximate surface area is 153 Å². The Hall–Kier alpha value is -1.50. The lowest BCUT2D eigenvalue weighted by atomic mass is 9.89. The van der Waals surface area contributed by atoms with Gasteiger partial charge < -0.3 is 9.84 Å². The predicted octanol–water partition coefficient (Wildman–Crippen LogP) is 5.20. The molecule has 0 aliphatic carbocycles. The molecule has 0 amide bonds. The minimum absolute atomic E-state index is 0.301. The first-order valence-electron chi connectivity index (χ1n) is 7.73. The van der Waals surface area contributed by atoms with Gasteiger partial charge in [-0.25, -0.2) is 9.79 Å². The van der Waals surface area contributed by atoms with Crippen molar-refractivity contribution in [3.05, 3.63) is 50.3 Å². The first kappa shape index (κ1) is 17.3. The first-order valence-corrected chi connectivity index (χ1v) is 9.34. The third-order valence-electron chi connectivity index (χ3n) is 4.34. The van der Waals surface area contributed by atoms with Gasteiger partial charge in [0, 0.05) is 22.0 Å². The quantitative estimate of drug-likeness (QED) is 0.708. The summed E-state index contributed by atoms with van der Waals surface area (Å²) in [6.07, 6.45) is 3.17. The number of ether oxygens (including phenoxy) is 1. The largest absolute Gasteiger partial charge is 0.478 e. The van der Waals surface area contributed by atoms with Crippen molar-refractivity contribution in [2.75, 3.05) is 0 Å². The fraction of sp³-hybridized carbons (Fsp3) is 0.333. The lowest BCUT2D eigenvalue weighted by Gasteiger charge is -2.33. The molecule has 1 N–H and O–H groups in total. The average Bonchev–Trinajstić information content (AvgIpc) is 2.91. The van der Waals surface area contributed by atoms with E-state index in [1.165, 1.54) is 11.3 Å². The van der Waals surface area contributed by atoms with Crippen molar-refractivity contribution in [2.45, 2.75) is 38.9 Å². The molecule has 24 heavy (non-hydrogen) atoms. The summed E-state index contributed by atoms with van der Waals surface area (Å²) in [5.74, 6) is -0.921. The number of aromatic carboxylic acids is 1. The predicted molar refractivity (Wildman–Crippen MR) is 99.9 cm³/mol. The van der Waals surface area contributed by atoms with Crippen molar-refractivity contribution >= 4 is 44.5 Å². The molecule has 4 nitrogen and oxygen atoms in total. The van der Waals surface area contributed by atoms with Gasteiger partial charge in [-0.15, -0.1) is 11.3 Å². The maximum absolute atomic E-state index is 11.8. The molecule has 0 fully saturated rings. The van der Waals surface area contributed by atoms with Crippen LogP contribution in [0.4, 0.5) is 5.00 Å². The molecule has 6 heteroatoms. The standard InChI is InChI=1S/C18H18BrNO3S/c1-3-18(2)8-13-14(10-23-18)24-16(15(13)17(21)22)20-9-11-4-6-12(19)7-5-11/h4-7,9H,3,8,10H2,1-2H3,(H,21,22)/t18-/m1/s1. The van der Waals surface area contributed by atoms with Gasteiger partial charge in [0.25, 0.3) is 0 Å². The van der Waals surface area contributed by atoms with E-state index in [4.69, 9.17) is 4.74 Å². The number of fused-ring (bicyclic) bond motifs is 1. The van der Waals surface area contributed by atoms with Gasteiger partial charge >= 0.3 is 5.97 Å². The van der Waals surface area contributed by atoms with Crippen molar-refractivity contribution in [3.63, 3.8) is 0 Å². The van der Waals surface area contributed by atoms with Gasteiger partial charge in [-0.1, -0.05) is 35.0 Å². The van der Waals surface area contributed by atoms with E-state index in [0.29, 0.717) is 23.6 Å². The molecule has 0 radical (unpaired) electrons. The fourth-order valence-corrected chi connectivity index (χ4v) is 4.02. The summed E-state index contributed by atoms with van der Waals surface area (Å²) in [5.41, 5.74) is 1.83. The second-order valence-electron chi connectivity index (χ2n) is 6.07. The highest BCUT2D eigenvalue weighted by Gasteiger charge is 2.35. The molecule has 1 aromatic heterocycles. The zero-order chi connectivity index (χ0) is 17.3. The van der Waals surface area contributed by atoms with Crippen LogP contribution in [0.25, 0.3) is 0 Å². The van der Waals surface area contributed by atoms with Crippen LogP contribution in [0.1, 0.15) is 46.6 Å². The summed E-state index contributed by atoms with van der Waals surface area (Å²) in [6.45, 7) is 4.55. The molecule has 0 bridgehead atoms. The molecule has 126 valence electrons. The number of carbonyl (C=O) groups is 1. The van der Waals surface area contributed by atoms with Crippen LogP contribution in [0.2, 0.25) is 0 Å². The van der Waals surface area contributed by atoms with E-state index in [9.17, 15) is 9.90 Å². The number of thiophene rings is 1. The molecule has 0 saturated heterocycles. The molecule has 1 aliphatic heterocycles. The molecule has 1 atom stereocenters. The topological polar surface area (TPSA) is 58.9 Å². The van der Waals surface area contributed by atoms with Crippen molar-refractivity contribution in [1.82, 2.24) is 0 Å². The van der Waals surface area contributed by atoms with Crippen molar-refractivity contribution in [2.24, 2.45) is 4.99 Å². The molecule has 0 unspecified atom stereocenters. The van der Waals surface area contributed by atoms with Crippen LogP contribution >= 0.6 is 27.3 Å². The molecule has 1 aliphatic rings. The van der Waals surface area contributed by atoms with Gasteiger partial charge in [0.05, 0.1) is 17.8 Å². The van der Waals surface area contributed by atoms with E-state index in [-0.39, 0.29) is 5.60 Å². The van der Waals surface area contributed by atoms with Crippen LogP contribution in [0, 0.1) is 0 Å². The van der Waals surface area contributed by atoms with E-state index in [1.807, 2.05) is 31.2 Å². The Bertz CT molecular complexity index is 797. The molecule has 0 saturated carbocycles. The van der Waals surface area contributed by atoms with Gasteiger partial charge in [-0.2, -0.15) is 0 Å². The van der Waals surface area contributed by atoms with E-state index < -0.39 is 5.97 Å². The maximum atomic E-state index is 11.8. The minimum Gasteiger partial charge on any atom is -0.478 e. The minimum atomic E-state index is -0.921. The van der Waals surface area contributed by atoms with Gasteiger partial charge in [0.15, 0.2) is 0 Å². The summed E-state index contributed by atoms with van der Waals surface area (Å²) in [6, 6.07) is 7.72. The molecule has 3 rings (SSSR count). The molecule has 1 aromatic carbocycles. The Kier molecular flexibility index (Phi) is 4.90. The fourth-order valence-electron chi connectivity index (χ4n) is 2.69. The second-order valence-corrected chi connectivity index (χ2v) is 8.07. The van der Waals surface area contributed by atoms with Crippen molar-refractivity contribution < 1.29 is 14.6 Å². The van der Waals surface area contributed by atoms with Crippen molar-refractivity contribution in [1.29, 1.82) is 0 Å². The van der Waals surface area contributed by atoms with Crippen LogP contribution in [0.5, 0.6) is 0 Å². The summed E-state index contributed by atoms with van der Waals surface area (Å²) >= 11 is 4.80. The summed E-state index contributed by atoms with van der Waals surface area (Å²) in [5, 5.41) is 10.2. The molecule has 0 spiro atoms. The summed E-state index contributed by atoms with van der Waals surface area (Å²) in [4.78, 5) is 17.2. The molecular weight excluding hydrogens is 390 g/mol. The second kappa shape index (κ2) is 6.78. The zero-order valence-corrected chi connectivity index (χ0v) is 15.9. The number of hydrogen-bond donors (Lipinski definition) is 1. The number of carboxylic acid groups (broad SMARTS) is 1. The smallest absolute Gasteiger partial charge is 0.339 e.